The predicted molar refractivity (Wildman–Crippen MR) is 94.2 cm³/mol. The van der Waals surface area contributed by atoms with E-state index in [1.807, 2.05) is 6.07 Å². The average molecular weight is 418 g/mol. The van der Waals surface area contributed by atoms with Gasteiger partial charge in [0.05, 0.1) is 0 Å². The van der Waals surface area contributed by atoms with Crippen molar-refractivity contribution in [2.75, 3.05) is 20.1 Å². The van der Waals surface area contributed by atoms with Crippen LogP contribution in [0.1, 0.15) is 10.4 Å². The summed E-state index contributed by atoms with van der Waals surface area (Å²) in [5.41, 5.74) is 1.33. The number of nitrogens with one attached hydrogen (secondary N) is 1. The predicted octanol–water partition coefficient (Wildman–Crippen LogP) is 4.49. The molecule has 0 unspecified atom stereocenters. The van der Waals surface area contributed by atoms with Gasteiger partial charge in [-0.25, -0.2) is 0 Å². The molecule has 2 nitrogen and oxygen atoms in total. The van der Waals surface area contributed by atoms with Crippen molar-refractivity contribution in [3.8, 4) is 0 Å². The summed E-state index contributed by atoms with van der Waals surface area (Å²) < 4.78 is 2.36. The molecule has 20 heavy (non-hydrogen) atoms. The minimum atomic E-state index is 0.944. The van der Waals surface area contributed by atoms with E-state index in [2.05, 4.69) is 78.8 Å². The second-order valence-corrected chi connectivity index (χ2v) is 7.50. The van der Waals surface area contributed by atoms with Gasteiger partial charge in [0.15, 0.2) is 0 Å². The lowest BCUT2D eigenvalue weighted by molar-refractivity contribution is 0.324. The number of likely N-dealkylation sites (N-methyl/N-ethyl adjacent to an activating group) is 1. The molecule has 0 aliphatic rings. The third kappa shape index (κ3) is 5.30. The second kappa shape index (κ2) is 8.29. The van der Waals surface area contributed by atoms with E-state index in [9.17, 15) is 0 Å². The monoisotopic (exact) mass is 416 g/mol. The first kappa shape index (κ1) is 16.2. The highest BCUT2D eigenvalue weighted by Gasteiger charge is 2.03. The number of nitrogens with zero attached hydrogens (tertiary/aromatic N) is 1. The third-order valence-corrected chi connectivity index (χ3v) is 5.46. The maximum absolute atomic E-state index is 3.59. The first-order valence-corrected chi connectivity index (χ1v) is 8.97. The highest BCUT2D eigenvalue weighted by atomic mass is 79.9. The number of hydrogen-bond donors (Lipinski definition) is 1. The normalized spacial score (nSPS) is 11.2. The molecule has 0 amide bonds. The summed E-state index contributed by atoms with van der Waals surface area (Å²) in [6.07, 6.45) is 0. The highest BCUT2D eigenvalue weighted by Crippen LogP contribution is 2.19. The van der Waals surface area contributed by atoms with Crippen LogP contribution in [0.3, 0.4) is 0 Å². The van der Waals surface area contributed by atoms with Crippen LogP contribution in [0.25, 0.3) is 0 Å². The maximum Gasteiger partial charge on any atom is 0.0300 e. The topological polar surface area (TPSA) is 15.3 Å². The molecule has 108 valence electrons. The molecule has 0 saturated carbocycles. The largest absolute Gasteiger partial charge is 0.311 e. The maximum atomic E-state index is 3.59. The lowest BCUT2D eigenvalue weighted by Gasteiger charge is -2.17. The molecule has 0 atom stereocenters. The van der Waals surface area contributed by atoms with Crippen LogP contribution in [0.5, 0.6) is 0 Å². The zero-order chi connectivity index (χ0) is 14.4. The van der Waals surface area contributed by atoms with E-state index in [0.29, 0.717) is 0 Å². The summed E-state index contributed by atoms with van der Waals surface area (Å²) >= 11 is 8.86. The van der Waals surface area contributed by atoms with Crippen LogP contribution < -0.4 is 5.32 Å². The van der Waals surface area contributed by atoms with E-state index < -0.39 is 0 Å². The first-order valence-electron chi connectivity index (χ1n) is 6.51. The number of rotatable bonds is 7. The molecule has 0 spiro atoms. The number of thiophene rings is 1. The average Bonchev–Trinajstić information content (AvgIpc) is 2.83. The molecule has 0 bridgehead atoms. The molecule has 2 rings (SSSR count). The van der Waals surface area contributed by atoms with Crippen molar-refractivity contribution in [3.63, 3.8) is 0 Å². The van der Waals surface area contributed by atoms with Gasteiger partial charge in [0.2, 0.25) is 0 Å². The summed E-state index contributed by atoms with van der Waals surface area (Å²) in [4.78, 5) is 3.70. The first-order chi connectivity index (χ1) is 9.65. The van der Waals surface area contributed by atoms with E-state index >= 15 is 0 Å². The summed E-state index contributed by atoms with van der Waals surface area (Å²) in [7, 11) is 2.16. The molecule has 1 N–H and O–H groups in total. The van der Waals surface area contributed by atoms with Crippen molar-refractivity contribution >= 4 is 43.2 Å². The molecule has 0 radical (unpaired) electrons. The van der Waals surface area contributed by atoms with E-state index in [4.69, 9.17) is 0 Å². The third-order valence-electron chi connectivity index (χ3n) is 2.99. The van der Waals surface area contributed by atoms with Gasteiger partial charge >= 0.3 is 0 Å². The number of hydrogen-bond acceptors (Lipinski definition) is 3. The van der Waals surface area contributed by atoms with Crippen LogP contribution in [0.4, 0.5) is 0 Å². The van der Waals surface area contributed by atoms with Crippen LogP contribution in [0.2, 0.25) is 0 Å². The van der Waals surface area contributed by atoms with Gasteiger partial charge in [-0.2, -0.15) is 0 Å². The minimum Gasteiger partial charge on any atom is -0.311 e. The fraction of sp³-hybridized carbons (Fsp3) is 0.333. The Labute approximate surface area is 141 Å². The van der Waals surface area contributed by atoms with Gasteiger partial charge in [-0.15, -0.1) is 11.3 Å². The zero-order valence-electron chi connectivity index (χ0n) is 11.4. The molecule has 0 saturated heterocycles. The summed E-state index contributed by atoms with van der Waals surface area (Å²) in [6.45, 7) is 3.94. The molecule has 1 aromatic carbocycles. The van der Waals surface area contributed by atoms with Gasteiger partial charge < -0.3 is 10.2 Å². The van der Waals surface area contributed by atoms with Gasteiger partial charge in [0.1, 0.15) is 0 Å². The van der Waals surface area contributed by atoms with Gasteiger partial charge in [0, 0.05) is 45.4 Å². The number of benzene rings is 1. The van der Waals surface area contributed by atoms with E-state index in [-0.39, 0.29) is 0 Å². The summed E-state index contributed by atoms with van der Waals surface area (Å²) in [5.74, 6) is 0. The van der Waals surface area contributed by atoms with Crippen LogP contribution in [0.15, 0.2) is 44.7 Å². The molecular weight excluding hydrogens is 400 g/mol. The van der Waals surface area contributed by atoms with Crippen molar-refractivity contribution in [1.82, 2.24) is 10.2 Å². The SMILES string of the molecule is CN(CCNCc1cc(Br)cs1)Cc1ccccc1Br. The molecule has 0 aliphatic carbocycles. The quantitative estimate of drug-likeness (QED) is 0.667. The van der Waals surface area contributed by atoms with Crippen LogP contribution >= 0.6 is 43.2 Å². The Bertz CT molecular complexity index is 542. The Morgan fingerprint density at radius 3 is 2.75 bits per heavy atom. The Morgan fingerprint density at radius 2 is 2.05 bits per heavy atom. The lowest BCUT2D eigenvalue weighted by Crippen LogP contribution is -2.28. The minimum absolute atomic E-state index is 0.944. The molecule has 0 aliphatic heterocycles. The molecule has 2 aromatic rings. The molecule has 5 heteroatoms. The van der Waals surface area contributed by atoms with Crippen molar-refractivity contribution in [2.24, 2.45) is 0 Å². The molecule has 0 fully saturated rings. The van der Waals surface area contributed by atoms with E-state index in [1.165, 1.54) is 19.4 Å². The van der Waals surface area contributed by atoms with Crippen molar-refractivity contribution in [2.45, 2.75) is 13.1 Å². The Kier molecular flexibility index (Phi) is 6.71. The zero-order valence-corrected chi connectivity index (χ0v) is 15.4. The smallest absolute Gasteiger partial charge is 0.0300 e. The summed E-state index contributed by atoms with van der Waals surface area (Å²) in [6, 6.07) is 10.6. The molecular formula is C15H18Br2N2S. The van der Waals surface area contributed by atoms with Gasteiger partial charge in [-0.3, -0.25) is 0 Å². The van der Waals surface area contributed by atoms with Gasteiger partial charge in [-0.1, -0.05) is 34.1 Å². The molecule has 1 aromatic heterocycles. The standard InChI is InChI=1S/C15H18Br2N2S/c1-19(10-12-4-2-3-5-15(12)17)7-6-18-9-14-8-13(16)11-20-14/h2-5,8,11,18H,6-7,9-10H2,1H3. The fourth-order valence-electron chi connectivity index (χ4n) is 1.92. The van der Waals surface area contributed by atoms with Gasteiger partial charge in [-0.05, 0) is 40.7 Å². The highest BCUT2D eigenvalue weighted by molar-refractivity contribution is 9.10. The van der Waals surface area contributed by atoms with Crippen molar-refractivity contribution < 1.29 is 0 Å². The van der Waals surface area contributed by atoms with Crippen LogP contribution in [0, 0.1) is 0 Å². The molecule has 1 heterocycles. The lowest BCUT2D eigenvalue weighted by atomic mass is 10.2. The van der Waals surface area contributed by atoms with Crippen LogP contribution in [-0.4, -0.2) is 25.0 Å². The number of halogens is 2. The second-order valence-electron chi connectivity index (χ2n) is 4.74. The van der Waals surface area contributed by atoms with E-state index in [0.717, 1.165) is 26.2 Å². The Hall–Kier alpha value is -0.200. The summed E-state index contributed by atoms with van der Waals surface area (Å²) in [5, 5.41) is 5.60. The van der Waals surface area contributed by atoms with Crippen molar-refractivity contribution in [1.29, 1.82) is 0 Å². The van der Waals surface area contributed by atoms with E-state index in [1.54, 1.807) is 11.3 Å². The van der Waals surface area contributed by atoms with Gasteiger partial charge in [0.25, 0.3) is 0 Å². The fourth-order valence-corrected chi connectivity index (χ4v) is 3.76. The van der Waals surface area contributed by atoms with Crippen molar-refractivity contribution in [3.05, 3.63) is 55.1 Å². The Balaban J connectivity index is 1.68. The van der Waals surface area contributed by atoms with Crippen LogP contribution in [-0.2, 0) is 13.1 Å². The Morgan fingerprint density at radius 1 is 1.25 bits per heavy atom.